The molecule has 1 heterocycles. The van der Waals surface area contributed by atoms with Crippen LogP contribution in [0.15, 0.2) is 22.6 Å². The summed E-state index contributed by atoms with van der Waals surface area (Å²) in [6.45, 7) is 2.20. The molecule has 0 spiro atoms. The Kier molecular flexibility index (Phi) is 5.20. The van der Waals surface area contributed by atoms with E-state index in [1.165, 1.54) is 0 Å². The molecule has 0 saturated carbocycles. The summed E-state index contributed by atoms with van der Waals surface area (Å²) in [5.41, 5.74) is 7.12. The first-order chi connectivity index (χ1) is 8.69. The molecule has 0 bridgehead atoms. The Morgan fingerprint density at radius 3 is 2.53 bits per heavy atom. The average molecular weight is 285 g/mol. The standard InChI is InChI=1S/C13H16N2O3.ClH/c1-8-11(7-14)15-13(18-8)10-5-4-9(16-2)6-12(10)17-3;/h4-6H,7,14H2,1-3H3;1H. The minimum Gasteiger partial charge on any atom is -0.497 e. The Morgan fingerprint density at radius 2 is 2.00 bits per heavy atom. The summed E-state index contributed by atoms with van der Waals surface area (Å²) in [4.78, 5) is 4.35. The zero-order valence-electron chi connectivity index (χ0n) is 11.1. The number of rotatable bonds is 4. The number of aryl methyl sites for hydroxylation is 1. The molecule has 0 aliphatic carbocycles. The lowest BCUT2D eigenvalue weighted by atomic mass is 10.2. The van der Waals surface area contributed by atoms with Gasteiger partial charge in [0.1, 0.15) is 17.3 Å². The minimum atomic E-state index is 0. The molecule has 0 saturated heterocycles. The van der Waals surface area contributed by atoms with Crippen molar-refractivity contribution >= 4 is 12.4 Å². The zero-order valence-corrected chi connectivity index (χ0v) is 11.9. The molecule has 5 nitrogen and oxygen atoms in total. The molecule has 0 aliphatic rings. The van der Waals surface area contributed by atoms with Crippen molar-refractivity contribution in [1.29, 1.82) is 0 Å². The highest BCUT2D eigenvalue weighted by molar-refractivity contribution is 5.85. The monoisotopic (exact) mass is 284 g/mol. The fourth-order valence-electron chi connectivity index (χ4n) is 1.71. The molecule has 0 radical (unpaired) electrons. The number of nitrogens with two attached hydrogens (primary N) is 1. The third kappa shape index (κ3) is 3.00. The molecular formula is C13H17ClN2O3. The molecule has 2 N–H and O–H groups in total. The Labute approximate surface area is 118 Å². The van der Waals surface area contributed by atoms with Crippen LogP contribution in [0.4, 0.5) is 0 Å². The number of halogens is 1. The number of ether oxygens (including phenoxy) is 2. The predicted octanol–water partition coefficient (Wildman–Crippen LogP) is 2.55. The van der Waals surface area contributed by atoms with Gasteiger partial charge in [0, 0.05) is 12.6 Å². The molecule has 104 valence electrons. The molecule has 19 heavy (non-hydrogen) atoms. The van der Waals surface area contributed by atoms with Gasteiger partial charge >= 0.3 is 0 Å². The first kappa shape index (κ1) is 15.3. The van der Waals surface area contributed by atoms with Crippen LogP contribution in [-0.4, -0.2) is 19.2 Å². The maximum Gasteiger partial charge on any atom is 0.230 e. The number of hydrogen-bond donors (Lipinski definition) is 1. The van der Waals surface area contributed by atoms with Gasteiger partial charge in [-0.15, -0.1) is 12.4 Å². The van der Waals surface area contributed by atoms with Crippen LogP contribution in [0.25, 0.3) is 11.5 Å². The highest BCUT2D eigenvalue weighted by atomic mass is 35.5. The largest absolute Gasteiger partial charge is 0.497 e. The van der Waals surface area contributed by atoms with Crippen molar-refractivity contribution in [3.8, 4) is 23.0 Å². The van der Waals surface area contributed by atoms with Crippen LogP contribution in [0.3, 0.4) is 0 Å². The lowest BCUT2D eigenvalue weighted by Gasteiger charge is -2.07. The lowest BCUT2D eigenvalue weighted by molar-refractivity contribution is 0.394. The van der Waals surface area contributed by atoms with Crippen molar-refractivity contribution in [2.24, 2.45) is 5.73 Å². The molecule has 0 fully saturated rings. The minimum absolute atomic E-state index is 0. The van der Waals surface area contributed by atoms with Gasteiger partial charge in [-0.1, -0.05) is 0 Å². The molecule has 0 amide bonds. The second-order valence-corrected chi connectivity index (χ2v) is 3.79. The van der Waals surface area contributed by atoms with Gasteiger partial charge in [-0.3, -0.25) is 0 Å². The van der Waals surface area contributed by atoms with Crippen LogP contribution in [-0.2, 0) is 6.54 Å². The summed E-state index contributed by atoms with van der Waals surface area (Å²) >= 11 is 0. The smallest absolute Gasteiger partial charge is 0.230 e. The summed E-state index contributed by atoms with van der Waals surface area (Å²) in [5, 5.41) is 0. The van der Waals surface area contributed by atoms with Crippen molar-refractivity contribution in [3.63, 3.8) is 0 Å². The number of oxazole rings is 1. The van der Waals surface area contributed by atoms with E-state index in [2.05, 4.69) is 4.98 Å². The van der Waals surface area contributed by atoms with Gasteiger partial charge in [0.25, 0.3) is 0 Å². The summed E-state index contributed by atoms with van der Waals surface area (Å²) in [5.74, 6) is 2.61. The van der Waals surface area contributed by atoms with Crippen molar-refractivity contribution in [2.75, 3.05) is 14.2 Å². The lowest BCUT2D eigenvalue weighted by Crippen LogP contribution is -1.98. The van der Waals surface area contributed by atoms with E-state index in [1.807, 2.05) is 19.1 Å². The summed E-state index contributed by atoms with van der Waals surface area (Å²) < 4.78 is 16.1. The highest BCUT2D eigenvalue weighted by Gasteiger charge is 2.15. The Hall–Kier alpha value is -1.72. The molecule has 0 unspecified atom stereocenters. The molecule has 1 aromatic heterocycles. The van der Waals surface area contributed by atoms with E-state index in [0.717, 1.165) is 22.8 Å². The van der Waals surface area contributed by atoms with Crippen molar-refractivity contribution in [3.05, 3.63) is 29.7 Å². The summed E-state index contributed by atoms with van der Waals surface area (Å²) in [7, 11) is 3.20. The Morgan fingerprint density at radius 1 is 1.26 bits per heavy atom. The molecular weight excluding hydrogens is 268 g/mol. The average Bonchev–Trinajstić information content (AvgIpc) is 2.79. The van der Waals surface area contributed by atoms with Crippen LogP contribution in [0, 0.1) is 6.92 Å². The molecule has 0 aliphatic heterocycles. The Bertz CT molecular complexity index is 555. The van der Waals surface area contributed by atoms with Gasteiger partial charge in [0.2, 0.25) is 5.89 Å². The van der Waals surface area contributed by atoms with Gasteiger partial charge in [0.05, 0.1) is 25.5 Å². The first-order valence-electron chi connectivity index (χ1n) is 5.58. The number of methoxy groups -OCH3 is 2. The van der Waals surface area contributed by atoms with E-state index in [1.54, 1.807) is 20.3 Å². The van der Waals surface area contributed by atoms with Crippen molar-refractivity contribution in [1.82, 2.24) is 4.98 Å². The maximum atomic E-state index is 5.60. The summed E-state index contributed by atoms with van der Waals surface area (Å²) in [6.07, 6.45) is 0. The predicted molar refractivity (Wildman–Crippen MR) is 74.9 cm³/mol. The SMILES string of the molecule is COc1ccc(-c2nc(CN)c(C)o2)c(OC)c1.Cl. The van der Waals surface area contributed by atoms with E-state index in [9.17, 15) is 0 Å². The second kappa shape index (κ2) is 6.45. The Balaban J connectivity index is 0.00000180. The van der Waals surface area contributed by atoms with E-state index in [4.69, 9.17) is 19.6 Å². The van der Waals surface area contributed by atoms with E-state index in [-0.39, 0.29) is 12.4 Å². The molecule has 2 aromatic rings. The quantitative estimate of drug-likeness (QED) is 0.934. The van der Waals surface area contributed by atoms with E-state index >= 15 is 0 Å². The first-order valence-corrected chi connectivity index (χ1v) is 5.58. The van der Waals surface area contributed by atoms with Crippen molar-refractivity contribution in [2.45, 2.75) is 13.5 Å². The topological polar surface area (TPSA) is 70.5 Å². The van der Waals surface area contributed by atoms with Gasteiger partial charge in [-0.25, -0.2) is 4.98 Å². The van der Waals surface area contributed by atoms with Gasteiger partial charge in [-0.2, -0.15) is 0 Å². The van der Waals surface area contributed by atoms with Crippen LogP contribution >= 0.6 is 12.4 Å². The fraction of sp³-hybridized carbons (Fsp3) is 0.308. The zero-order chi connectivity index (χ0) is 13.1. The maximum absolute atomic E-state index is 5.60. The van der Waals surface area contributed by atoms with Crippen LogP contribution in [0.5, 0.6) is 11.5 Å². The third-order valence-electron chi connectivity index (χ3n) is 2.73. The van der Waals surface area contributed by atoms with Gasteiger partial charge in [0.15, 0.2) is 0 Å². The number of aromatic nitrogens is 1. The van der Waals surface area contributed by atoms with Gasteiger partial charge in [-0.05, 0) is 19.1 Å². The molecule has 2 rings (SSSR count). The number of benzene rings is 1. The number of hydrogen-bond acceptors (Lipinski definition) is 5. The van der Waals surface area contributed by atoms with E-state index < -0.39 is 0 Å². The molecule has 6 heteroatoms. The van der Waals surface area contributed by atoms with E-state index in [0.29, 0.717) is 18.2 Å². The van der Waals surface area contributed by atoms with Gasteiger partial charge < -0.3 is 19.6 Å². The van der Waals surface area contributed by atoms with Crippen LogP contribution in [0.1, 0.15) is 11.5 Å². The summed E-state index contributed by atoms with van der Waals surface area (Å²) in [6, 6.07) is 5.47. The second-order valence-electron chi connectivity index (χ2n) is 3.79. The van der Waals surface area contributed by atoms with Crippen molar-refractivity contribution < 1.29 is 13.9 Å². The van der Waals surface area contributed by atoms with Crippen LogP contribution < -0.4 is 15.2 Å². The fourth-order valence-corrected chi connectivity index (χ4v) is 1.71. The third-order valence-corrected chi connectivity index (χ3v) is 2.73. The molecule has 0 atom stereocenters. The number of nitrogens with zero attached hydrogens (tertiary/aromatic N) is 1. The highest BCUT2D eigenvalue weighted by Crippen LogP contribution is 2.33. The van der Waals surface area contributed by atoms with Crippen LogP contribution in [0.2, 0.25) is 0 Å². The normalized spacial score (nSPS) is 9.89. The molecule has 1 aromatic carbocycles.